The third-order valence-electron chi connectivity index (χ3n) is 3.13. The van der Waals surface area contributed by atoms with Crippen LogP contribution in [-0.4, -0.2) is 41.5 Å². The molecule has 1 saturated heterocycles. The van der Waals surface area contributed by atoms with Crippen molar-refractivity contribution in [1.29, 1.82) is 0 Å². The molecule has 0 atom stereocenters. The largest absolute Gasteiger partial charge is 0.270 e. The normalized spacial score (nSPS) is 18.7. The Hall–Kier alpha value is -0.590. The number of hydrogen-bond donors (Lipinski definition) is 0. The van der Waals surface area contributed by atoms with E-state index in [1.807, 2.05) is 0 Å². The summed E-state index contributed by atoms with van der Waals surface area (Å²) in [5, 5.41) is 4.02. The van der Waals surface area contributed by atoms with Crippen LogP contribution in [0.4, 0.5) is 0 Å². The summed E-state index contributed by atoms with van der Waals surface area (Å²) in [6.07, 6.45) is 7.06. The number of aromatic nitrogens is 2. The van der Waals surface area contributed by atoms with Crippen LogP contribution >= 0.6 is 11.6 Å². The molecule has 1 aliphatic heterocycles. The minimum Gasteiger partial charge on any atom is -0.270 e. The maximum atomic E-state index is 12.4. The fraction of sp³-hybridized carbons (Fsp3) is 0.727. The van der Waals surface area contributed by atoms with Gasteiger partial charge in [-0.05, 0) is 12.8 Å². The molecular formula is C11H18ClN3O2S. The Bertz CT molecular complexity index is 478. The lowest BCUT2D eigenvalue weighted by atomic mass is 10.2. The van der Waals surface area contributed by atoms with E-state index in [0.717, 1.165) is 25.7 Å². The first-order chi connectivity index (χ1) is 8.64. The molecule has 1 aliphatic rings. The van der Waals surface area contributed by atoms with Gasteiger partial charge in [-0.1, -0.05) is 12.8 Å². The monoisotopic (exact) mass is 291 g/mol. The Balaban J connectivity index is 2.17. The molecule has 0 N–H and O–H groups in total. The summed E-state index contributed by atoms with van der Waals surface area (Å²) in [4.78, 5) is 0.273. The van der Waals surface area contributed by atoms with Crippen LogP contribution in [0.5, 0.6) is 0 Å². The third kappa shape index (κ3) is 3.05. The van der Waals surface area contributed by atoms with Crippen LogP contribution in [0.3, 0.4) is 0 Å². The van der Waals surface area contributed by atoms with Gasteiger partial charge < -0.3 is 0 Å². The summed E-state index contributed by atoms with van der Waals surface area (Å²) in [7, 11) is -3.38. The van der Waals surface area contributed by atoms with Gasteiger partial charge in [0.25, 0.3) is 0 Å². The van der Waals surface area contributed by atoms with E-state index in [2.05, 4.69) is 5.10 Å². The first kappa shape index (κ1) is 13.8. The zero-order valence-electron chi connectivity index (χ0n) is 10.3. The van der Waals surface area contributed by atoms with Crippen molar-refractivity contribution in [3.8, 4) is 0 Å². The molecule has 0 amide bonds. The summed E-state index contributed by atoms with van der Waals surface area (Å²) in [6, 6.07) is 0. The van der Waals surface area contributed by atoms with E-state index >= 15 is 0 Å². The molecule has 2 heterocycles. The van der Waals surface area contributed by atoms with E-state index in [-0.39, 0.29) is 4.90 Å². The zero-order valence-corrected chi connectivity index (χ0v) is 11.8. The molecule has 1 fully saturated rings. The molecule has 0 bridgehead atoms. The Kier molecular flexibility index (Phi) is 4.64. The Labute approximate surface area is 113 Å². The first-order valence-corrected chi connectivity index (χ1v) is 8.20. The minimum absolute atomic E-state index is 0.273. The van der Waals surface area contributed by atoms with Crippen molar-refractivity contribution in [3.63, 3.8) is 0 Å². The van der Waals surface area contributed by atoms with E-state index in [0.29, 0.717) is 25.5 Å². The molecule has 0 unspecified atom stereocenters. The van der Waals surface area contributed by atoms with Gasteiger partial charge in [-0.3, -0.25) is 4.68 Å². The molecule has 0 aliphatic carbocycles. The maximum absolute atomic E-state index is 12.4. The molecule has 102 valence electrons. The molecule has 0 saturated carbocycles. The molecule has 5 nitrogen and oxygen atoms in total. The summed E-state index contributed by atoms with van der Waals surface area (Å²) in [5.74, 6) is 0.422. The highest BCUT2D eigenvalue weighted by molar-refractivity contribution is 7.89. The second-order valence-corrected chi connectivity index (χ2v) is 6.76. The Morgan fingerprint density at radius 1 is 1.22 bits per heavy atom. The highest BCUT2D eigenvalue weighted by Crippen LogP contribution is 2.19. The summed E-state index contributed by atoms with van der Waals surface area (Å²) in [6.45, 7) is 1.75. The number of nitrogens with zero attached hydrogens (tertiary/aromatic N) is 3. The number of hydrogen-bond acceptors (Lipinski definition) is 3. The van der Waals surface area contributed by atoms with Crippen LogP contribution in [0, 0.1) is 0 Å². The smallest absolute Gasteiger partial charge is 0.246 e. The van der Waals surface area contributed by atoms with Gasteiger partial charge >= 0.3 is 0 Å². The minimum atomic E-state index is -3.38. The van der Waals surface area contributed by atoms with Crippen LogP contribution in [0.2, 0.25) is 0 Å². The number of rotatable bonds is 4. The topological polar surface area (TPSA) is 55.2 Å². The van der Waals surface area contributed by atoms with Gasteiger partial charge in [0.05, 0.1) is 12.7 Å². The predicted molar refractivity (Wildman–Crippen MR) is 70.2 cm³/mol. The molecule has 7 heteroatoms. The van der Waals surface area contributed by atoms with Crippen molar-refractivity contribution < 1.29 is 8.42 Å². The van der Waals surface area contributed by atoms with Crippen LogP contribution < -0.4 is 0 Å². The lowest BCUT2D eigenvalue weighted by molar-refractivity contribution is 0.423. The van der Waals surface area contributed by atoms with Gasteiger partial charge in [0.2, 0.25) is 10.0 Å². The summed E-state index contributed by atoms with van der Waals surface area (Å²) < 4.78 is 27.9. The maximum Gasteiger partial charge on any atom is 0.246 e. The van der Waals surface area contributed by atoms with Crippen LogP contribution in [-0.2, 0) is 16.6 Å². The van der Waals surface area contributed by atoms with Gasteiger partial charge in [0.1, 0.15) is 4.90 Å². The standard InChI is InChI=1S/C11H18ClN3O2S/c12-5-8-14-10-11(9-13-14)18(16,17)15-6-3-1-2-4-7-15/h9-10H,1-8H2. The zero-order chi connectivity index (χ0) is 13.0. The van der Waals surface area contributed by atoms with Gasteiger partial charge in [0.15, 0.2) is 0 Å². The van der Waals surface area contributed by atoms with Crippen molar-refractivity contribution in [2.75, 3.05) is 19.0 Å². The summed E-state index contributed by atoms with van der Waals surface area (Å²) in [5.41, 5.74) is 0. The number of aryl methyl sites for hydroxylation is 1. The van der Waals surface area contributed by atoms with Gasteiger partial charge in [-0.25, -0.2) is 8.42 Å². The highest BCUT2D eigenvalue weighted by Gasteiger charge is 2.26. The van der Waals surface area contributed by atoms with E-state index in [1.54, 1.807) is 15.2 Å². The second kappa shape index (κ2) is 6.04. The van der Waals surface area contributed by atoms with Crippen molar-refractivity contribution in [1.82, 2.24) is 14.1 Å². The molecule has 1 aromatic rings. The Morgan fingerprint density at radius 2 is 1.89 bits per heavy atom. The van der Waals surface area contributed by atoms with Gasteiger partial charge in [0, 0.05) is 25.2 Å². The first-order valence-electron chi connectivity index (χ1n) is 6.23. The molecule has 0 aromatic carbocycles. The lowest BCUT2D eigenvalue weighted by Crippen LogP contribution is -2.31. The quantitative estimate of drug-likeness (QED) is 0.793. The van der Waals surface area contributed by atoms with Gasteiger partial charge in [-0.15, -0.1) is 11.6 Å². The van der Waals surface area contributed by atoms with E-state index in [9.17, 15) is 8.42 Å². The molecular weight excluding hydrogens is 274 g/mol. The number of alkyl halides is 1. The average molecular weight is 292 g/mol. The number of halogens is 1. The fourth-order valence-corrected chi connectivity index (χ4v) is 3.76. The second-order valence-electron chi connectivity index (χ2n) is 4.45. The van der Waals surface area contributed by atoms with Crippen LogP contribution in [0.15, 0.2) is 17.3 Å². The van der Waals surface area contributed by atoms with Crippen molar-refractivity contribution in [2.24, 2.45) is 0 Å². The van der Waals surface area contributed by atoms with Crippen molar-refractivity contribution in [2.45, 2.75) is 37.1 Å². The van der Waals surface area contributed by atoms with Crippen LogP contribution in [0.1, 0.15) is 25.7 Å². The fourth-order valence-electron chi connectivity index (χ4n) is 2.12. The van der Waals surface area contributed by atoms with E-state index in [1.165, 1.54) is 6.20 Å². The average Bonchev–Trinajstić information content (AvgIpc) is 2.65. The van der Waals surface area contributed by atoms with E-state index in [4.69, 9.17) is 11.6 Å². The highest BCUT2D eigenvalue weighted by atomic mass is 35.5. The SMILES string of the molecule is O=S(=O)(c1cnn(CCCl)c1)N1CCCCCC1. The summed E-state index contributed by atoms with van der Waals surface area (Å²) >= 11 is 5.61. The molecule has 2 rings (SSSR count). The van der Waals surface area contributed by atoms with Crippen LogP contribution in [0.25, 0.3) is 0 Å². The molecule has 18 heavy (non-hydrogen) atoms. The molecule has 0 radical (unpaired) electrons. The van der Waals surface area contributed by atoms with Gasteiger partial charge in [-0.2, -0.15) is 9.40 Å². The molecule has 1 aromatic heterocycles. The van der Waals surface area contributed by atoms with Crippen molar-refractivity contribution >= 4 is 21.6 Å². The van der Waals surface area contributed by atoms with E-state index < -0.39 is 10.0 Å². The van der Waals surface area contributed by atoms with Crippen molar-refractivity contribution in [3.05, 3.63) is 12.4 Å². The predicted octanol–water partition coefficient (Wildman–Crippen LogP) is 1.69. The number of sulfonamides is 1. The molecule has 0 spiro atoms. The lowest BCUT2D eigenvalue weighted by Gasteiger charge is -2.18. The Morgan fingerprint density at radius 3 is 2.50 bits per heavy atom. The third-order valence-corrected chi connectivity index (χ3v) is 5.15.